The molecule has 2 N–H and O–H groups in total. The van der Waals surface area contributed by atoms with Gasteiger partial charge in [-0.2, -0.15) is 0 Å². The average molecular weight is 435 g/mol. The molecule has 1 heterocycles. The van der Waals surface area contributed by atoms with Crippen molar-refractivity contribution in [3.8, 4) is 11.5 Å². The van der Waals surface area contributed by atoms with Crippen molar-refractivity contribution >= 4 is 23.4 Å². The zero-order chi connectivity index (χ0) is 23.0. The van der Waals surface area contributed by atoms with Crippen LogP contribution in [0.15, 0.2) is 59.3 Å². The molecule has 164 valence electrons. The van der Waals surface area contributed by atoms with Gasteiger partial charge in [0.05, 0.1) is 25.5 Å². The molecule has 32 heavy (non-hydrogen) atoms. The number of fused-ring (bicyclic) bond motifs is 2. The van der Waals surface area contributed by atoms with Gasteiger partial charge in [0.1, 0.15) is 0 Å². The molecule has 1 aliphatic carbocycles. The Balaban J connectivity index is 1.87. The lowest BCUT2D eigenvalue weighted by atomic mass is 9.79. The number of ether oxygens (including phenoxy) is 3. The Kier molecular flexibility index (Phi) is 5.44. The molecule has 0 bridgehead atoms. The summed E-state index contributed by atoms with van der Waals surface area (Å²) in [7, 11) is 2.72. The van der Waals surface area contributed by atoms with Crippen LogP contribution >= 0.6 is 0 Å². The topological polar surface area (TPSA) is 111 Å². The second-order valence-corrected chi connectivity index (χ2v) is 7.34. The number of aliphatic carboxylic acids is 1. The molecule has 0 aromatic heterocycles. The molecule has 1 atom stereocenters. The average Bonchev–Trinajstić information content (AvgIpc) is 3.08. The highest BCUT2D eigenvalue weighted by atomic mass is 16.5. The van der Waals surface area contributed by atoms with Gasteiger partial charge in [-0.25, -0.2) is 9.59 Å². The number of rotatable bonds is 6. The van der Waals surface area contributed by atoms with Gasteiger partial charge in [-0.3, -0.25) is 4.79 Å². The van der Waals surface area contributed by atoms with Crippen molar-refractivity contribution in [2.45, 2.75) is 12.8 Å². The third-order valence-electron chi connectivity index (χ3n) is 5.53. The minimum Gasteiger partial charge on any atom is -0.493 e. The molecule has 2 aliphatic rings. The van der Waals surface area contributed by atoms with E-state index in [9.17, 15) is 14.4 Å². The molecule has 8 heteroatoms. The highest BCUT2D eigenvalue weighted by molar-refractivity contribution is 6.23. The largest absolute Gasteiger partial charge is 0.493 e. The number of dihydropyridines is 1. The Bertz CT molecular complexity index is 1210. The predicted octanol–water partition coefficient (Wildman–Crippen LogP) is 2.90. The lowest BCUT2D eigenvalue weighted by Gasteiger charge is -2.29. The van der Waals surface area contributed by atoms with Crippen LogP contribution in [-0.4, -0.2) is 43.7 Å². The molecule has 4 rings (SSSR count). The molecular formula is C24H21NO7. The number of carboxylic acid groups (broad SMARTS) is 1. The number of hydrogen-bond donors (Lipinski definition) is 2. The number of allylic oxidation sites excluding steroid dienone is 2. The van der Waals surface area contributed by atoms with Crippen molar-refractivity contribution in [2.24, 2.45) is 0 Å². The van der Waals surface area contributed by atoms with Crippen molar-refractivity contribution in [2.75, 3.05) is 20.8 Å². The number of esters is 1. The predicted molar refractivity (Wildman–Crippen MR) is 114 cm³/mol. The van der Waals surface area contributed by atoms with E-state index < -0.39 is 24.5 Å². The first-order chi connectivity index (χ1) is 15.4. The number of methoxy groups -OCH3 is 2. The second kappa shape index (κ2) is 8.22. The number of hydrogen-bond acceptors (Lipinski definition) is 7. The first kappa shape index (κ1) is 21.2. The normalized spacial score (nSPS) is 16.8. The molecule has 2 aromatic carbocycles. The smallest absolute Gasteiger partial charge is 0.341 e. The Morgan fingerprint density at radius 2 is 1.78 bits per heavy atom. The first-order valence-electron chi connectivity index (χ1n) is 9.84. The van der Waals surface area contributed by atoms with Crippen LogP contribution < -0.4 is 14.8 Å². The molecule has 0 saturated carbocycles. The summed E-state index contributed by atoms with van der Waals surface area (Å²) in [4.78, 5) is 37.0. The van der Waals surface area contributed by atoms with E-state index in [4.69, 9.17) is 19.3 Å². The minimum atomic E-state index is -1.12. The third-order valence-corrected chi connectivity index (χ3v) is 5.53. The van der Waals surface area contributed by atoms with Crippen LogP contribution in [0.1, 0.15) is 34.3 Å². The summed E-state index contributed by atoms with van der Waals surface area (Å²) in [6, 6.07) is 12.2. The number of carbonyl (C=O) groups is 3. The number of carboxylic acids is 1. The Morgan fingerprint density at radius 1 is 1.06 bits per heavy atom. The van der Waals surface area contributed by atoms with Gasteiger partial charge < -0.3 is 24.6 Å². The SMILES string of the molecule is COC(=O)C1=C(C)NC2=C(C(=O)c3ccccc32)[C@@H]1c1ccc(OCC(=O)O)c(OC)c1. The van der Waals surface area contributed by atoms with Gasteiger partial charge in [-0.05, 0) is 24.6 Å². The maximum absolute atomic E-state index is 13.4. The monoisotopic (exact) mass is 435 g/mol. The summed E-state index contributed by atoms with van der Waals surface area (Å²) in [5.74, 6) is -2.03. The summed E-state index contributed by atoms with van der Waals surface area (Å²) < 4.78 is 15.7. The Morgan fingerprint density at radius 3 is 2.44 bits per heavy atom. The lowest BCUT2D eigenvalue weighted by molar-refractivity contribution is -0.139. The second-order valence-electron chi connectivity index (χ2n) is 7.34. The van der Waals surface area contributed by atoms with Crippen LogP contribution in [0.2, 0.25) is 0 Å². The zero-order valence-electron chi connectivity index (χ0n) is 17.7. The molecule has 0 saturated heterocycles. The van der Waals surface area contributed by atoms with E-state index in [2.05, 4.69) is 5.32 Å². The maximum atomic E-state index is 13.4. The molecule has 2 aromatic rings. The van der Waals surface area contributed by atoms with Crippen LogP contribution in [0.25, 0.3) is 5.70 Å². The molecule has 0 unspecified atom stereocenters. The number of Topliss-reactive ketones (excluding diaryl/α,β-unsaturated/α-hetero) is 1. The van der Waals surface area contributed by atoms with E-state index >= 15 is 0 Å². The standard InChI is InChI=1S/C24H21NO7/c1-12-19(24(29)31-3)20(13-8-9-16(17(10-13)30-2)32-11-18(26)27)21-22(25-12)14-6-4-5-7-15(14)23(21)28/h4-10,20,25H,11H2,1-3H3,(H,26,27)/t20-/m1/s1. The summed E-state index contributed by atoms with van der Waals surface area (Å²) in [5.41, 5.74) is 3.93. The van der Waals surface area contributed by atoms with Crippen molar-refractivity contribution in [1.82, 2.24) is 5.32 Å². The molecule has 8 nitrogen and oxygen atoms in total. The fraction of sp³-hybridized carbons (Fsp3) is 0.208. The Hall–Kier alpha value is -4.07. The summed E-state index contributed by atoms with van der Waals surface area (Å²) >= 11 is 0. The van der Waals surface area contributed by atoms with Crippen molar-refractivity contribution in [3.63, 3.8) is 0 Å². The van der Waals surface area contributed by atoms with E-state index in [1.165, 1.54) is 14.2 Å². The molecule has 0 spiro atoms. The third kappa shape index (κ3) is 3.39. The number of carbonyl (C=O) groups excluding carboxylic acids is 2. The van der Waals surface area contributed by atoms with Crippen molar-refractivity contribution in [3.05, 3.63) is 76.0 Å². The van der Waals surface area contributed by atoms with Crippen LogP contribution in [0.5, 0.6) is 11.5 Å². The van der Waals surface area contributed by atoms with Crippen LogP contribution in [0.3, 0.4) is 0 Å². The fourth-order valence-electron chi connectivity index (χ4n) is 4.17. The van der Waals surface area contributed by atoms with Crippen LogP contribution in [-0.2, 0) is 14.3 Å². The number of benzene rings is 2. The Labute approximate surface area is 184 Å². The van der Waals surface area contributed by atoms with Crippen molar-refractivity contribution in [1.29, 1.82) is 0 Å². The summed E-state index contributed by atoms with van der Waals surface area (Å²) in [6.45, 7) is 1.23. The van der Waals surface area contributed by atoms with E-state index in [0.29, 0.717) is 33.7 Å². The van der Waals surface area contributed by atoms with Crippen LogP contribution in [0, 0.1) is 0 Å². The molecule has 0 fully saturated rings. The highest BCUT2D eigenvalue weighted by Crippen LogP contribution is 2.47. The number of ketones is 1. The molecule has 0 amide bonds. The van der Waals surface area contributed by atoms with Gasteiger partial charge >= 0.3 is 11.9 Å². The molecular weight excluding hydrogens is 414 g/mol. The summed E-state index contributed by atoms with van der Waals surface area (Å²) in [6.07, 6.45) is 0. The minimum absolute atomic E-state index is 0.174. The molecule has 1 aliphatic heterocycles. The van der Waals surface area contributed by atoms with E-state index in [1.807, 2.05) is 12.1 Å². The van der Waals surface area contributed by atoms with Gasteiger partial charge in [-0.15, -0.1) is 0 Å². The fourth-order valence-corrected chi connectivity index (χ4v) is 4.17. The number of nitrogens with one attached hydrogen (secondary N) is 1. The van der Waals surface area contributed by atoms with Gasteiger partial charge in [0.25, 0.3) is 0 Å². The maximum Gasteiger partial charge on any atom is 0.341 e. The van der Waals surface area contributed by atoms with E-state index in [-0.39, 0.29) is 17.3 Å². The summed E-state index contributed by atoms with van der Waals surface area (Å²) in [5, 5.41) is 12.1. The first-order valence-corrected chi connectivity index (χ1v) is 9.84. The zero-order valence-corrected chi connectivity index (χ0v) is 17.7. The van der Waals surface area contributed by atoms with Gasteiger partial charge in [-0.1, -0.05) is 30.3 Å². The highest BCUT2D eigenvalue weighted by Gasteiger charge is 2.43. The van der Waals surface area contributed by atoms with E-state index in [0.717, 1.165) is 5.56 Å². The van der Waals surface area contributed by atoms with Crippen molar-refractivity contribution < 1.29 is 33.7 Å². The van der Waals surface area contributed by atoms with E-state index in [1.54, 1.807) is 37.3 Å². The quantitative estimate of drug-likeness (QED) is 0.667. The van der Waals surface area contributed by atoms with Crippen LogP contribution in [0.4, 0.5) is 0 Å². The lowest BCUT2D eigenvalue weighted by Crippen LogP contribution is -2.29. The molecule has 0 radical (unpaired) electrons. The van der Waals surface area contributed by atoms with Gasteiger partial charge in [0.2, 0.25) is 0 Å². The van der Waals surface area contributed by atoms with Gasteiger partial charge in [0, 0.05) is 28.3 Å². The van der Waals surface area contributed by atoms with Gasteiger partial charge in [0.15, 0.2) is 23.9 Å².